The van der Waals surface area contributed by atoms with E-state index >= 15 is 0 Å². The third-order valence-corrected chi connectivity index (χ3v) is 6.68. The van der Waals surface area contributed by atoms with Crippen LogP contribution in [0.15, 0.2) is 30.3 Å². The topological polar surface area (TPSA) is 72.9 Å². The van der Waals surface area contributed by atoms with Crippen LogP contribution in [0.1, 0.15) is 24.8 Å². The van der Waals surface area contributed by atoms with Crippen LogP contribution < -0.4 is 0 Å². The molecule has 2 heterocycles. The summed E-state index contributed by atoms with van der Waals surface area (Å²) in [6, 6.07) is 9.37. The predicted molar refractivity (Wildman–Crippen MR) is 89.3 cm³/mol. The lowest BCUT2D eigenvalue weighted by molar-refractivity contribution is -0.0102. The van der Waals surface area contributed by atoms with Crippen LogP contribution in [0.4, 0.5) is 4.79 Å². The monoisotopic (exact) mass is 373 g/mol. The van der Waals surface area contributed by atoms with Gasteiger partial charge in [-0.3, -0.25) is 0 Å². The van der Waals surface area contributed by atoms with Crippen LogP contribution in [0.5, 0.6) is 0 Å². The molecule has 0 radical (unpaired) electrons. The number of benzene rings is 1. The Kier molecular flexibility index (Phi) is 5.03. The van der Waals surface area contributed by atoms with Crippen molar-refractivity contribution >= 4 is 25.8 Å². The van der Waals surface area contributed by atoms with Crippen molar-refractivity contribution in [3.63, 3.8) is 0 Å². The minimum atomic E-state index is -3.73. The van der Waals surface area contributed by atoms with Crippen LogP contribution in [0.2, 0.25) is 0 Å². The molecule has 2 fully saturated rings. The molecule has 1 aromatic carbocycles. The Morgan fingerprint density at radius 3 is 2.58 bits per heavy atom. The molecule has 1 atom stereocenters. The van der Waals surface area contributed by atoms with E-state index in [4.69, 9.17) is 20.2 Å². The Bertz CT molecular complexity index is 688. The van der Waals surface area contributed by atoms with Crippen LogP contribution in [0.25, 0.3) is 0 Å². The quantitative estimate of drug-likeness (QED) is 0.761. The van der Waals surface area contributed by atoms with Crippen LogP contribution in [-0.2, 0) is 25.1 Å². The van der Waals surface area contributed by atoms with Crippen LogP contribution in [-0.4, -0.2) is 50.0 Å². The molecule has 2 saturated heterocycles. The van der Waals surface area contributed by atoms with Crippen molar-refractivity contribution in [2.75, 3.05) is 19.8 Å². The molecule has 8 heteroatoms. The lowest BCUT2D eigenvalue weighted by Gasteiger charge is -2.40. The number of amides is 1. The van der Waals surface area contributed by atoms with Gasteiger partial charge in [-0.2, -0.15) is 0 Å². The van der Waals surface area contributed by atoms with Gasteiger partial charge in [0.2, 0.25) is 9.05 Å². The second-order valence-corrected chi connectivity index (χ2v) is 9.20. The first-order valence-electron chi connectivity index (χ1n) is 7.90. The van der Waals surface area contributed by atoms with Gasteiger partial charge in [0.25, 0.3) is 0 Å². The number of likely N-dealkylation sites (tertiary alicyclic amines) is 1. The average molecular weight is 374 g/mol. The summed E-state index contributed by atoms with van der Waals surface area (Å²) in [5.41, 5.74) is 0.339. The number of halogens is 1. The fourth-order valence-electron chi connectivity index (χ4n) is 3.48. The lowest BCUT2D eigenvalue weighted by atomic mass is 9.87. The van der Waals surface area contributed by atoms with Crippen molar-refractivity contribution in [1.82, 2.24) is 4.90 Å². The van der Waals surface area contributed by atoms with Gasteiger partial charge in [0.15, 0.2) is 0 Å². The minimum absolute atomic E-state index is 0.0689. The van der Waals surface area contributed by atoms with Crippen molar-refractivity contribution in [2.24, 2.45) is 0 Å². The molecule has 6 nitrogen and oxygen atoms in total. The first-order chi connectivity index (χ1) is 11.4. The van der Waals surface area contributed by atoms with E-state index in [1.165, 1.54) is 0 Å². The zero-order chi connectivity index (χ0) is 17.2. The number of ether oxygens (including phenoxy) is 2. The molecule has 0 aromatic heterocycles. The molecule has 1 amide bonds. The second kappa shape index (κ2) is 6.90. The van der Waals surface area contributed by atoms with Crippen molar-refractivity contribution in [1.29, 1.82) is 0 Å². The highest BCUT2D eigenvalue weighted by Gasteiger charge is 2.52. The van der Waals surface area contributed by atoms with Gasteiger partial charge < -0.3 is 14.4 Å². The van der Waals surface area contributed by atoms with Crippen LogP contribution in [0.3, 0.4) is 0 Å². The molecule has 2 aliphatic heterocycles. The summed E-state index contributed by atoms with van der Waals surface area (Å²) in [5.74, 6) is 0. The summed E-state index contributed by atoms with van der Waals surface area (Å²) in [6.07, 6.45) is 1.03. The Morgan fingerprint density at radius 1 is 1.29 bits per heavy atom. The van der Waals surface area contributed by atoms with Gasteiger partial charge in [-0.15, -0.1) is 0 Å². The van der Waals surface area contributed by atoms with Gasteiger partial charge in [-0.05, 0) is 24.8 Å². The van der Waals surface area contributed by atoms with E-state index < -0.39 is 25.9 Å². The molecule has 0 N–H and O–H groups in total. The highest BCUT2D eigenvalue weighted by Crippen LogP contribution is 2.41. The average Bonchev–Trinajstić information content (AvgIpc) is 2.93. The highest BCUT2D eigenvalue weighted by molar-refractivity contribution is 8.14. The molecule has 1 unspecified atom stereocenters. The van der Waals surface area contributed by atoms with E-state index in [9.17, 15) is 13.2 Å². The van der Waals surface area contributed by atoms with Gasteiger partial charge in [0.05, 0.1) is 10.8 Å². The molecule has 0 bridgehead atoms. The van der Waals surface area contributed by atoms with Gasteiger partial charge in [0.1, 0.15) is 6.61 Å². The normalized spacial score (nSPS) is 23.4. The number of hydrogen-bond acceptors (Lipinski definition) is 5. The van der Waals surface area contributed by atoms with Crippen molar-refractivity contribution < 1.29 is 22.7 Å². The maximum absolute atomic E-state index is 12.6. The lowest BCUT2D eigenvalue weighted by Crippen LogP contribution is -2.50. The van der Waals surface area contributed by atoms with E-state index in [-0.39, 0.29) is 13.2 Å². The fourth-order valence-corrected chi connectivity index (χ4v) is 4.67. The van der Waals surface area contributed by atoms with Crippen LogP contribution >= 0.6 is 10.7 Å². The van der Waals surface area contributed by atoms with E-state index in [1.807, 2.05) is 30.3 Å². The number of nitrogens with zero attached hydrogens (tertiary/aromatic N) is 1. The van der Waals surface area contributed by atoms with E-state index in [1.54, 1.807) is 4.90 Å². The zero-order valence-electron chi connectivity index (χ0n) is 13.2. The van der Waals surface area contributed by atoms with Gasteiger partial charge in [-0.1, -0.05) is 30.3 Å². The molecule has 0 saturated carbocycles. The summed E-state index contributed by atoms with van der Waals surface area (Å²) in [5, 5.41) is -0.762. The maximum atomic E-state index is 12.6. The number of rotatable bonds is 3. The molecule has 0 aliphatic carbocycles. The third kappa shape index (κ3) is 3.68. The summed E-state index contributed by atoms with van der Waals surface area (Å²) in [7, 11) is 1.82. The maximum Gasteiger partial charge on any atom is 0.410 e. The van der Waals surface area contributed by atoms with Crippen molar-refractivity contribution in [2.45, 2.75) is 36.7 Å². The standard InChI is InChI=1S/C16H20ClNO5S/c17-24(20,21)14-10-16(6-8-22-9-7-16)18(11-14)15(19)23-12-13-4-2-1-3-5-13/h1-5,14H,6-12H2. The second-order valence-electron chi connectivity index (χ2n) is 6.29. The van der Waals surface area contributed by atoms with Gasteiger partial charge >= 0.3 is 6.09 Å². The Labute approximate surface area is 146 Å². The Balaban J connectivity index is 1.74. The number of carbonyl (C=O) groups excluding carboxylic acids is 1. The molecule has 132 valence electrons. The number of hydrogen-bond donors (Lipinski definition) is 0. The largest absolute Gasteiger partial charge is 0.445 e. The molecule has 1 aromatic rings. The van der Waals surface area contributed by atoms with E-state index in [2.05, 4.69) is 0 Å². The summed E-state index contributed by atoms with van der Waals surface area (Å²) in [6.45, 7) is 1.22. The molecular formula is C16H20ClNO5S. The molecule has 2 aliphatic rings. The van der Waals surface area contributed by atoms with E-state index in [0.717, 1.165) is 5.56 Å². The Hall–Kier alpha value is -1.31. The van der Waals surface area contributed by atoms with Gasteiger partial charge in [-0.25, -0.2) is 13.2 Å². The zero-order valence-corrected chi connectivity index (χ0v) is 14.8. The first kappa shape index (κ1) is 17.5. The molecule has 24 heavy (non-hydrogen) atoms. The summed E-state index contributed by atoms with van der Waals surface area (Å²) < 4.78 is 34.3. The molecule has 1 spiro atoms. The van der Waals surface area contributed by atoms with Crippen molar-refractivity contribution in [3.8, 4) is 0 Å². The minimum Gasteiger partial charge on any atom is -0.445 e. The SMILES string of the molecule is O=C(OCc1ccccc1)N1CC(S(=O)(=O)Cl)CC12CCOCC2. The highest BCUT2D eigenvalue weighted by atomic mass is 35.7. The van der Waals surface area contributed by atoms with Crippen molar-refractivity contribution in [3.05, 3.63) is 35.9 Å². The molecule has 3 rings (SSSR count). The summed E-state index contributed by atoms with van der Waals surface area (Å²) in [4.78, 5) is 14.1. The van der Waals surface area contributed by atoms with Crippen LogP contribution in [0, 0.1) is 0 Å². The third-order valence-electron chi connectivity index (χ3n) is 4.81. The molecular weight excluding hydrogens is 354 g/mol. The van der Waals surface area contributed by atoms with E-state index in [0.29, 0.717) is 32.5 Å². The van der Waals surface area contributed by atoms with Gasteiger partial charge in [0, 0.05) is 30.4 Å². The number of carbonyl (C=O) groups is 1. The fraction of sp³-hybridized carbons (Fsp3) is 0.562. The summed E-state index contributed by atoms with van der Waals surface area (Å²) >= 11 is 0. The Morgan fingerprint density at radius 2 is 1.96 bits per heavy atom. The smallest absolute Gasteiger partial charge is 0.410 e. The first-order valence-corrected chi connectivity index (χ1v) is 10.3. The predicted octanol–water partition coefficient (Wildman–Crippen LogP) is 2.52.